The van der Waals surface area contributed by atoms with Crippen molar-refractivity contribution in [3.05, 3.63) is 54.1 Å². The van der Waals surface area contributed by atoms with Crippen molar-refractivity contribution >= 4 is 12.0 Å². The molecule has 5 heteroatoms. The molecule has 1 aromatic carbocycles. The predicted molar refractivity (Wildman–Crippen MR) is 80.0 cm³/mol. The topological polar surface area (TPSA) is 20.3 Å². The largest absolute Gasteiger partial charge is 0.416 e. The first kappa shape index (κ1) is 16.3. The van der Waals surface area contributed by atoms with Crippen molar-refractivity contribution in [3.63, 3.8) is 0 Å². The zero-order valence-corrected chi connectivity index (χ0v) is 12.1. The van der Waals surface area contributed by atoms with Gasteiger partial charge in [-0.25, -0.2) is 0 Å². The zero-order valence-electron chi connectivity index (χ0n) is 12.1. The van der Waals surface area contributed by atoms with Gasteiger partial charge in [0.05, 0.1) is 5.56 Å². The number of halogens is 3. The second kappa shape index (κ2) is 6.81. The summed E-state index contributed by atoms with van der Waals surface area (Å²) >= 11 is 0. The molecule has 118 valence electrons. The zero-order chi connectivity index (χ0) is 16.2. The van der Waals surface area contributed by atoms with Crippen LogP contribution in [0.1, 0.15) is 24.0 Å². The van der Waals surface area contributed by atoms with Gasteiger partial charge in [0.1, 0.15) is 0 Å². The van der Waals surface area contributed by atoms with Gasteiger partial charge in [-0.05, 0) is 42.5 Å². The monoisotopic (exact) mass is 309 g/mol. The summed E-state index contributed by atoms with van der Waals surface area (Å²) < 4.78 is 37.9. The highest BCUT2D eigenvalue weighted by molar-refractivity contribution is 5.87. The standard InChI is InChI=1S/C17H18F3NO/c1-2-16(22)21-10-8-13(9-11-21)6-7-14-4-3-5-15(12-14)17(18,19)20/h2-7,12-13H,1,8-11H2/b7-6+. The van der Waals surface area contributed by atoms with Crippen LogP contribution in [0.15, 0.2) is 43.0 Å². The summed E-state index contributed by atoms with van der Waals surface area (Å²) in [7, 11) is 0. The highest BCUT2D eigenvalue weighted by atomic mass is 19.4. The Balaban J connectivity index is 1.96. The molecule has 2 nitrogen and oxygen atoms in total. The molecule has 1 amide bonds. The van der Waals surface area contributed by atoms with Gasteiger partial charge >= 0.3 is 6.18 Å². The molecule has 0 aromatic heterocycles. The van der Waals surface area contributed by atoms with Crippen LogP contribution in [0.2, 0.25) is 0 Å². The summed E-state index contributed by atoms with van der Waals surface area (Å²) in [6, 6.07) is 5.28. The van der Waals surface area contributed by atoms with E-state index in [1.165, 1.54) is 12.1 Å². The lowest BCUT2D eigenvalue weighted by Crippen LogP contribution is -2.36. The van der Waals surface area contributed by atoms with Crippen LogP contribution < -0.4 is 0 Å². The fraction of sp³-hybridized carbons (Fsp3) is 0.353. The van der Waals surface area contributed by atoms with E-state index in [2.05, 4.69) is 6.58 Å². The van der Waals surface area contributed by atoms with Crippen LogP contribution in [0.5, 0.6) is 0 Å². The first-order valence-electron chi connectivity index (χ1n) is 7.17. The molecule has 1 heterocycles. The second-order valence-corrected chi connectivity index (χ2v) is 5.35. The minimum Gasteiger partial charge on any atom is -0.339 e. The highest BCUT2D eigenvalue weighted by Crippen LogP contribution is 2.30. The SMILES string of the molecule is C=CC(=O)N1CCC(/C=C/c2cccc(C(F)(F)F)c2)CC1. The lowest BCUT2D eigenvalue weighted by atomic mass is 9.95. The van der Waals surface area contributed by atoms with Crippen LogP contribution in [0, 0.1) is 5.92 Å². The van der Waals surface area contributed by atoms with Gasteiger partial charge in [-0.1, -0.05) is 30.9 Å². The lowest BCUT2D eigenvalue weighted by molar-refractivity contribution is -0.137. The normalized spacial score (nSPS) is 17.0. The molecule has 1 aromatic rings. The molecule has 1 aliphatic rings. The number of nitrogens with zero attached hydrogens (tertiary/aromatic N) is 1. The quantitative estimate of drug-likeness (QED) is 0.768. The van der Waals surface area contributed by atoms with Crippen LogP contribution >= 0.6 is 0 Å². The number of allylic oxidation sites excluding steroid dienone is 1. The molecule has 0 aliphatic carbocycles. The maximum Gasteiger partial charge on any atom is 0.416 e. The third-order valence-electron chi connectivity index (χ3n) is 3.80. The molecule has 0 N–H and O–H groups in total. The number of carbonyl (C=O) groups excluding carboxylic acids is 1. The number of carbonyl (C=O) groups is 1. The van der Waals surface area contributed by atoms with Crippen LogP contribution in [0.4, 0.5) is 13.2 Å². The van der Waals surface area contributed by atoms with Crippen LogP contribution in [0.3, 0.4) is 0 Å². The van der Waals surface area contributed by atoms with E-state index in [-0.39, 0.29) is 11.8 Å². The minimum atomic E-state index is -4.32. The summed E-state index contributed by atoms with van der Waals surface area (Å²) in [6.07, 6.45) is 2.28. The number of likely N-dealkylation sites (tertiary alicyclic amines) is 1. The third-order valence-corrected chi connectivity index (χ3v) is 3.80. The summed E-state index contributed by atoms with van der Waals surface area (Å²) in [5.74, 6) is 0.212. The van der Waals surface area contributed by atoms with Gasteiger partial charge in [0, 0.05) is 13.1 Å². The van der Waals surface area contributed by atoms with Crippen molar-refractivity contribution in [3.8, 4) is 0 Å². The van der Waals surface area contributed by atoms with Crippen molar-refractivity contribution in [1.82, 2.24) is 4.90 Å². The van der Waals surface area contributed by atoms with Crippen molar-refractivity contribution in [1.29, 1.82) is 0 Å². The first-order valence-corrected chi connectivity index (χ1v) is 7.17. The van der Waals surface area contributed by atoms with E-state index in [1.54, 1.807) is 17.0 Å². The lowest BCUT2D eigenvalue weighted by Gasteiger charge is -2.29. The molecule has 22 heavy (non-hydrogen) atoms. The summed E-state index contributed by atoms with van der Waals surface area (Å²) in [4.78, 5) is 13.2. The number of alkyl halides is 3. The van der Waals surface area contributed by atoms with E-state index in [4.69, 9.17) is 0 Å². The third kappa shape index (κ3) is 4.23. The van der Waals surface area contributed by atoms with Gasteiger partial charge in [0.25, 0.3) is 0 Å². The second-order valence-electron chi connectivity index (χ2n) is 5.35. The summed E-state index contributed by atoms with van der Waals surface area (Å²) in [5, 5.41) is 0. The molecule has 2 rings (SSSR count). The van der Waals surface area contributed by atoms with Gasteiger partial charge in [0.15, 0.2) is 0 Å². The number of benzene rings is 1. The van der Waals surface area contributed by atoms with Gasteiger partial charge in [-0.2, -0.15) is 13.2 Å². The average molecular weight is 309 g/mol. The molecular weight excluding hydrogens is 291 g/mol. The van der Waals surface area contributed by atoms with Gasteiger partial charge in [0.2, 0.25) is 5.91 Å². The van der Waals surface area contributed by atoms with E-state index < -0.39 is 11.7 Å². The maximum atomic E-state index is 12.6. The smallest absolute Gasteiger partial charge is 0.339 e. The Labute approximate surface area is 127 Å². The van der Waals surface area contributed by atoms with E-state index in [0.717, 1.165) is 25.0 Å². The van der Waals surface area contributed by atoms with Gasteiger partial charge in [-0.3, -0.25) is 4.79 Å². The van der Waals surface area contributed by atoms with Gasteiger partial charge < -0.3 is 4.90 Å². The van der Waals surface area contributed by atoms with E-state index >= 15 is 0 Å². The molecule has 0 bridgehead atoms. The Morgan fingerprint density at radius 2 is 1.95 bits per heavy atom. The van der Waals surface area contributed by atoms with E-state index in [1.807, 2.05) is 6.08 Å². The Hall–Kier alpha value is -2.04. The fourth-order valence-corrected chi connectivity index (χ4v) is 2.51. The van der Waals surface area contributed by atoms with Crippen molar-refractivity contribution in [2.45, 2.75) is 19.0 Å². The number of rotatable bonds is 3. The highest BCUT2D eigenvalue weighted by Gasteiger charge is 2.30. The van der Waals surface area contributed by atoms with Crippen LogP contribution in [-0.2, 0) is 11.0 Å². The number of amides is 1. The van der Waals surface area contributed by atoms with Crippen molar-refractivity contribution in [2.24, 2.45) is 5.92 Å². The molecule has 0 unspecified atom stereocenters. The number of hydrogen-bond acceptors (Lipinski definition) is 1. The Morgan fingerprint density at radius 3 is 2.55 bits per heavy atom. The van der Waals surface area contributed by atoms with Crippen LogP contribution in [0.25, 0.3) is 6.08 Å². The van der Waals surface area contributed by atoms with Gasteiger partial charge in [-0.15, -0.1) is 0 Å². The molecule has 1 saturated heterocycles. The first-order chi connectivity index (χ1) is 10.4. The maximum absolute atomic E-state index is 12.6. The Morgan fingerprint density at radius 1 is 1.27 bits per heavy atom. The predicted octanol–water partition coefficient (Wildman–Crippen LogP) is 4.14. The summed E-state index contributed by atoms with van der Waals surface area (Å²) in [5.41, 5.74) is -0.0968. The molecule has 0 saturated carbocycles. The number of hydrogen-bond donors (Lipinski definition) is 0. The van der Waals surface area contributed by atoms with Crippen LogP contribution in [-0.4, -0.2) is 23.9 Å². The minimum absolute atomic E-state index is 0.0692. The average Bonchev–Trinajstić information content (AvgIpc) is 2.52. The fourth-order valence-electron chi connectivity index (χ4n) is 2.51. The van der Waals surface area contributed by atoms with E-state index in [9.17, 15) is 18.0 Å². The molecule has 1 aliphatic heterocycles. The number of piperidine rings is 1. The molecule has 0 atom stereocenters. The molecule has 0 spiro atoms. The Kier molecular flexibility index (Phi) is 5.06. The van der Waals surface area contributed by atoms with Crippen molar-refractivity contribution in [2.75, 3.05) is 13.1 Å². The summed E-state index contributed by atoms with van der Waals surface area (Å²) in [6.45, 7) is 4.77. The molecule has 0 radical (unpaired) electrons. The molecular formula is C17H18F3NO. The Bertz CT molecular complexity index is 570. The molecule has 1 fully saturated rings. The van der Waals surface area contributed by atoms with E-state index in [0.29, 0.717) is 18.7 Å². The van der Waals surface area contributed by atoms with Crippen molar-refractivity contribution < 1.29 is 18.0 Å².